The molecule has 1 amide bonds. The smallest absolute Gasteiger partial charge is 0.238 e. The maximum Gasteiger partial charge on any atom is 0.238 e. The second-order valence-electron chi connectivity index (χ2n) is 3.48. The number of aromatic nitrogens is 1. The van der Waals surface area contributed by atoms with Crippen LogP contribution in [0.4, 0.5) is 5.69 Å². The highest BCUT2D eigenvalue weighted by Gasteiger charge is 2.10. The first-order chi connectivity index (χ1) is 8.17. The van der Waals surface area contributed by atoms with E-state index in [-0.39, 0.29) is 24.2 Å². The predicted molar refractivity (Wildman–Crippen MR) is 67.1 cm³/mol. The van der Waals surface area contributed by atoms with Crippen LogP contribution < -0.4 is 5.32 Å². The molecule has 17 heavy (non-hydrogen) atoms. The number of anilines is 1. The number of pyridine rings is 1. The van der Waals surface area contributed by atoms with E-state index >= 15 is 0 Å². The summed E-state index contributed by atoms with van der Waals surface area (Å²) in [6.07, 6.45) is 1.56. The van der Waals surface area contributed by atoms with Crippen molar-refractivity contribution in [1.82, 2.24) is 9.88 Å². The molecule has 1 rings (SSSR count). The third kappa shape index (κ3) is 4.68. The number of nitrogens with one attached hydrogen (secondary N) is 1. The van der Waals surface area contributed by atoms with Gasteiger partial charge in [-0.2, -0.15) is 0 Å². The van der Waals surface area contributed by atoms with Crippen molar-refractivity contribution in [3.8, 4) is 0 Å². The Hall–Kier alpha value is -1.17. The Labute approximate surface area is 105 Å². The predicted octanol–water partition coefficient (Wildman–Crippen LogP) is 0.988. The first-order valence-electron chi connectivity index (χ1n) is 5.41. The molecule has 0 radical (unpaired) electrons. The van der Waals surface area contributed by atoms with Crippen LogP contribution in [0.1, 0.15) is 6.92 Å². The van der Waals surface area contributed by atoms with Crippen molar-refractivity contribution in [3.63, 3.8) is 0 Å². The van der Waals surface area contributed by atoms with Crippen LogP contribution in [0, 0.1) is 0 Å². The maximum absolute atomic E-state index is 11.7. The van der Waals surface area contributed by atoms with Gasteiger partial charge < -0.3 is 10.4 Å². The van der Waals surface area contributed by atoms with Crippen molar-refractivity contribution >= 4 is 23.2 Å². The van der Waals surface area contributed by atoms with Crippen LogP contribution in [0.15, 0.2) is 18.3 Å². The van der Waals surface area contributed by atoms with E-state index in [0.717, 1.165) is 0 Å². The Balaban J connectivity index is 2.52. The summed E-state index contributed by atoms with van der Waals surface area (Å²) >= 11 is 5.82. The number of hydrogen-bond acceptors (Lipinski definition) is 4. The fourth-order valence-corrected chi connectivity index (χ4v) is 1.53. The maximum atomic E-state index is 11.7. The van der Waals surface area contributed by atoms with Crippen LogP contribution in [0.2, 0.25) is 5.15 Å². The van der Waals surface area contributed by atoms with Gasteiger partial charge in [-0.1, -0.05) is 18.5 Å². The average molecular weight is 258 g/mol. The fourth-order valence-electron chi connectivity index (χ4n) is 1.36. The zero-order chi connectivity index (χ0) is 12.7. The number of aliphatic hydroxyl groups excluding tert-OH is 1. The minimum Gasteiger partial charge on any atom is -0.395 e. The number of aliphatic hydroxyl groups is 1. The molecule has 1 aromatic heterocycles. The summed E-state index contributed by atoms with van der Waals surface area (Å²) in [6, 6.07) is 3.39. The van der Waals surface area contributed by atoms with E-state index < -0.39 is 0 Å². The van der Waals surface area contributed by atoms with Gasteiger partial charge in [0.1, 0.15) is 0 Å². The van der Waals surface area contributed by atoms with E-state index in [1.807, 2.05) is 11.8 Å². The van der Waals surface area contributed by atoms with Gasteiger partial charge in [0, 0.05) is 12.7 Å². The highest BCUT2D eigenvalue weighted by Crippen LogP contribution is 2.17. The van der Waals surface area contributed by atoms with Gasteiger partial charge in [0.25, 0.3) is 0 Å². The van der Waals surface area contributed by atoms with E-state index in [0.29, 0.717) is 18.8 Å². The number of halogens is 1. The van der Waals surface area contributed by atoms with Crippen molar-refractivity contribution in [3.05, 3.63) is 23.5 Å². The number of nitrogens with zero attached hydrogens (tertiary/aromatic N) is 2. The quantitative estimate of drug-likeness (QED) is 0.746. The fraction of sp³-hybridized carbons (Fsp3) is 0.455. The zero-order valence-corrected chi connectivity index (χ0v) is 10.4. The molecule has 1 aromatic rings. The molecule has 6 heteroatoms. The van der Waals surface area contributed by atoms with Gasteiger partial charge in [-0.25, -0.2) is 4.98 Å². The molecular weight excluding hydrogens is 242 g/mol. The minimum absolute atomic E-state index is 0.0365. The zero-order valence-electron chi connectivity index (χ0n) is 9.69. The highest BCUT2D eigenvalue weighted by atomic mass is 35.5. The lowest BCUT2D eigenvalue weighted by Gasteiger charge is -2.18. The SMILES string of the molecule is CCN(CCO)CC(=O)Nc1cccnc1Cl. The summed E-state index contributed by atoms with van der Waals surface area (Å²) < 4.78 is 0. The van der Waals surface area contributed by atoms with Gasteiger partial charge in [-0.3, -0.25) is 9.69 Å². The Bertz CT molecular complexity index is 373. The molecule has 0 saturated heterocycles. The molecule has 0 spiro atoms. The number of likely N-dealkylation sites (N-methyl/N-ethyl adjacent to an activating group) is 1. The molecule has 0 saturated carbocycles. The van der Waals surface area contributed by atoms with Crippen LogP contribution in [0.3, 0.4) is 0 Å². The van der Waals surface area contributed by atoms with Crippen molar-refractivity contribution in [2.45, 2.75) is 6.92 Å². The summed E-state index contributed by atoms with van der Waals surface area (Å²) in [7, 11) is 0. The molecule has 1 heterocycles. The molecule has 5 nitrogen and oxygen atoms in total. The third-order valence-corrected chi connectivity index (χ3v) is 2.57. The van der Waals surface area contributed by atoms with Gasteiger partial charge in [-0.15, -0.1) is 0 Å². The van der Waals surface area contributed by atoms with Crippen molar-refractivity contribution in [1.29, 1.82) is 0 Å². The van der Waals surface area contributed by atoms with E-state index in [9.17, 15) is 4.79 Å². The number of amides is 1. The lowest BCUT2D eigenvalue weighted by atomic mass is 10.4. The Kier molecular flexibility index (Phi) is 5.90. The summed E-state index contributed by atoms with van der Waals surface area (Å²) in [4.78, 5) is 17.4. The monoisotopic (exact) mass is 257 g/mol. The Morgan fingerprint density at radius 2 is 2.41 bits per heavy atom. The van der Waals surface area contributed by atoms with Gasteiger partial charge in [0.2, 0.25) is 5.91 Å². The first-order valence-corrected chi connectivity index (χ1v) is 5.78. The molecule has 0 unspecified atom stereocenters. The molecule has 2 N–H and O–H groups in total. The molecule has 0 atom stereocenters. The second kappa shape index (κ2) is 7.21. The topological polar surface area (TPSA) is 65.5 Å². The molecule has 0 aliphatic rings. The van der Waals surface area contributed by atoms with Gasteiger partial charge in [0.05, 0.1) is 18.8 Å². The van der Waals surface area contributed by atoms with E-state index in [1.54, 1.807) is 18.3 Å². The van der Waals surface area contributed by atoms with Crippen LogP contribution >= 0.6 is 11.6 Å². The van der Waals surface area contributed by atoms with Gasteiger partial charge in [-0.05, 0) is 18.7 Å². The molecule has 0 aliphatic heterocycles. The Morgan fingerprint density at radius 1 is 1.65 bits per heavy atom. The van der Waals surface area contributed by atoms with E-state index in [4.69, 9.17) is 16.7 Å². The number of rotatable bonds is 6. The molecule has 0 aromatic carbocycles. The van der Waals surface area contributed by atoms with Crippen LogP contribution in [0.5, 0.6) is 0 Å². The van der Waals surface area contributed by atoms with Crippen molar-refractivity contribution < 1.29 is 9.90 Å². The third-order valence-electron chi connectivity index (χ3n) is 2.26. The normalized spacial score (nSPS) is 10.6. The Morgan fingerprint density at radius 3 is 3.00 bits per heavy atom. The number of carbonyl (C=O) groups is 1. The lowest BCUT2D eigenvalue weighted by molar-refractivity contribution is -0.117. The molecule has 0 bridgehead atoms. The number of carbonyl (C=O) groups excluding carboxylic acids is 1. The summed E-state index contributed by atoms with van der Waals surface area (Å²) in [5, 5.41) is 11.8. The van der Waals surface area contributed by atoms with Crippen LogP contribution in [0.25, 0.3) is 0 Å². The average Bonchev–Trinajstić information content (AvgIpc) is 2.31. The standard InChI is InChI=1S/C11H16ClN3O2/c1-2-15(6-7-16)8-10(17)14-9-4-3-5-13-11(9)12/h3-5,16H,2,6-8H2,1H3,(H,14,17). The first kappa shape index (κ1) is 13.9. The van der Waals surface area contributed by atoms with Gasteiger partial charge in [0.15, 0.2) is 5.15 Å². The molecule has 94 valence electrons. The molecule has 0 aliphatic carbocycles. The lowest BCUT2D eigenvalue weighted by Crippen LogP contribution is -2.35. The second-order valence-corrected chi connectivity index (χ2v) is 3.84. The van der Waals surface area contributed by atoms with Crippen molar-refractivity contribution in [2.24, 2.45) is 0 Å². The summed E-state index contributed by atoms with van der Waals surface area (Å²) in [6.45, 7) is 3.37. The summed E-state index contributed by atoms with van der Waals surface area (Å²) in [5.74, 6) is -0.171. The molecule has 0 fully saturated rings. The number of hydrogen-bond donors (Lipinski definition) is 2. The highest BCUT2D eigenvalue weighted by molar-refractivity contribution is 6.32. The van der Waals surface area contributed by atoms with E-state index in [2.05, 4.69) is 10.3 Å². The van der Waals surface area contributed by atoms with Gasteiger partial charge >= 0.3 is 0 Å². The molecular formula is C11H16ClN3O2. The largest absolute Gasteiger partial charge is 0.395 e. The van der Waals surface area contributed by atoms with E-state index in [1.165, 1.54) is 0 Å². The van der Waals surface area contributed by atoms with Crippen LogP contribution in [-0.4, -0.2) is 47.1 Å². The summed E-state index contributed by atoms with van der Waals surface area (Å²) in [5.41, 5.74) is 0.499. The minimum atomic E-state index is -0.171. The van der Waals surface area contributed by atoms with Crippen molar-refractivity contribution in [2.75, 3.05) is 31.6 Å². The van der Waals surface area contributed by atoms with Crippen LogP contribution in [-0.2, 0) is 4.79 Å².